The van der Waals surface area contributed by atoms with E-state index in [1.807, 2.05) is 0 Å². The summed E-state index contributed by atoms with van der Waals surface area (Å²) in [5.41, 5.74) is 0. The molecule has 84 valence electrons. The van der Waals surface area contributed by atoms with E-state index in [9.17, 15) is 0 Å². The van der Waals surface area contributed by atoms with Crippen molar-refractivity contribution in [3.8, 4) is 0 Å². The van der Waals surface area contributed by atoms with Crippen molar-refractivity contribution in [3.05, 3.63) is 0 Å². The van der Waals surface area contributed by atoms with Crippen LogP contribution >= 0.6 is 0 Å². The van der Waals surface area contributed by atoms with Crippen LogP contribution in [0.25, 0.3) is 0 Å². The van der Waals surface area contributed by atoms with Gasteiger partial charge in [0.05, 0.1) is 6.10 Å². The molecule has 2 nitrogen and oxygen atoms in total. The highest BCUT2D eigenvalue weighted by atomic mass is 16.5. The number of hydrogen-bond acceptors (Lipinski definition) is 2. The van der Waals surface area contributed by atoms with E-state index in [-0.39, 0.29) is 0 Å². The van der Waals surface area contributed by atoms with Crippen molar-refractivity contribution < 1.29 is 4.74 Å². The molecule has 1 fully saturated rings. The fourth-order valence-corrected chi connectivity index (χ4v) is 1.98. The van der Waals surface area contributed by atoms with Gasteiger partial charge in [-0.3, -0.25) is 0 Å². The van der Waals surface area contributed by atoms with E-state index in [1.165, 1.54) is 19.3 Å². The van der Waals surface area contributed by atoms with Crippen LogP contribution in [0.1, 0.15) is 47.0 Å². The van der Waals surface area contributed by atoms with E-state index in [0.29, 0.717) is 18.2 Å². The lowest BCUT2D eigenvalue weighted by Gasteiger charge is -2.22. The summed E-state index contributed by atoms with van der Waals surface area (Å²) < 4.78 is 5.53. The third-order valence-corrected chi connectivity index (χ3v) is 3.05. The topological polar surface area (TPSA) is 21.3 Å². The van der Waals surface area contributed by atoms with Crippen molar-refractivity contribution in [1.82, 2.24) is 5.32 Å². The summed E-state index contributed by atoms with van der Waals surface area (Å²) in [6, 6.07) is 1.21. The monoisotopic (exact) mass is 199 g/mol. The molecule has 1 aliphatic heterocycles. The molecule has 0 aromatic carbocycles. The molecule has 0 aromatic rings. The van der Waals surface area contributed by atoms with Crippen LogP contribution in [-0.4, -0.2) is 24.8 Å². The normalized spacial score (nSPS) is 29.8. The summed E-state index contributed by atoms with van der Waals surface area (Å²) in [4.78, 5) is 0. The van der Waals surface area contributed by atoms with Crippen LogP contribution < -0.4 is 5.32 Å². The summed E-state index contributed by atoms with van der Waals surface area (Å²) in [6.45, 7) is 9.95. The van der Waals surface area contributed by atoms with Gasteiger partial charge in [0.2, 0.25) is 0 Å². The van der Waals surface area contributed by atoms with Gasteiger partial charge in [0.25, 0.3) is 0 Å². The molecular weight excluding hydrogens is 174 g/mol. The Bertz CT molecular complexity index is 158. The van der Waals surface area contributed by atoms with Crippen LogP contribution in [0.3, 0.4) is 0 Å². The molecule has 0 saturated carbocycles. The van der Waals surface area contributed by atoms with Gasteiger partial charge in [-0.05, 0) is 39.0 Å². The minimum Gasteiger partial charge on any atom is -0.377 e. The Morgan fingerprint density at radius 1 is 1.29 bits per heavy atom. The Kier molecular flexibility index (Phi) is 4.90. The van der Waals surface area contributed by atoms with Crippen LogP contribution in [0.2, 0.25) is 0 Å². The number of nitrogens with one attached hydrogen (secondary N) is 1. The smallest absolute Gasteiger partial charge is 0.0700 e. The van der Waals surface area contributed by atoms with Crippen molar-refractivity contribution in [3.63, 3.8) is 0 Å². The third-order valence-electron chi connectivity index (χ3n) is 3.05. The summed E-state index contributed by atoms with van der Waals surface area (Å²) >= 11 is 0. The first-order chi connectivity index (χ1) is 6.59. The third kappa shape index (κ3) is 3.97. The van der Waals surface area contributed by atoms with Gasteiger partial charge >= 0.3 is 0 Å². The Morgan fingerprint density at radius 2 is 2.00 bits per heavy atom. The molecule has 1 saturated heterocycles. The predicted octanol–water partition coefficient (Wildman–Crippen LogP) is 2.58. The summed E-state index contributed by atoms with van der Waals surface area (Å²) in [6.07, 6.45) is 4.17. The summed E-state index contributed by atoms with van der Waals surface area (Å²) in [5, 5.41) is 3.66. The van der Waals surface area contributed by atoms with Crippen LogP contribution in [0.4, 0.5) is 0 Å². The minimum absolute atomic E-state index is 0.400. The molecule has 3 atom stereocenters. The highest BCUT2D eigenvalue weighted by Crippen LogP contribution is 2.15. The van der Waals surface area contributed by atoms with Crippen molar-refractivity contribution in [2.24, 2.45) is 5.92 Å². The molecule has 1 N–H and O–H groups in total. The molecule has 1 aliphatic rings. The van der Waals surface area contributed by atoms with Gasteiger partial charge < -0.3 is 10.1 Å². The van der Waals surface area contributed by atoms with Gasteiger partial charge in [-0.2, -0.15) is 0 Å². The van der Waals surface area contributed by atoms with E-state index in [1.54, 1.807) is 0 Å². The second-order valence-corrected chi connectivity index (χ2v) is 5.01. The number of ether oxygens (including phenoxy) is 1. The molecule has 3 unspecified atom stereocenters. The minimum atomic E-state index is 0.400. The number of hydrogen-bond donors (Lipinski definition) is 1. The van der Waals surface area contributed by atoms with E-state index in [4.69, 9.17) is 4.74 Å². The van der Waals surface area contributed by atoms with E-state index in [0.717, 1.165) is 12.5 Å². The molecule has 0 bridgehead atoms. The Labute approximate surface area is 88.4 Å². The maximum absolute atomic E-state index is 5.53. The molecule has 2 heteroatoms. The van der Waals surface area contributed by atoms with Gasteiger partial charge in [0.15, 0.2) is 0 Å². The molecule has 0 radical (unpaired) electrons. The average Bonchev–Trinajstić information content (AvgIpc) is 2.49. The average molecular weight is 199 g/mol. The van der Waals surface area contributed by atoms with E-state index >= 15 is 0 Å². The first kappa shape index (κ1) is 12.0. The lowest BCUT2D eigenvalue weighted by Crippen LogP contribution is -2.40. The largest absolute Gasteiger partial charge is 0.377 e. The molecule has 1 rings (SSSR count). The zero-order chi connectivity index (χ0) is 10.6. The fourth-order valence-electron chi connectivity index (χ4n) is 1.98. The van der Waals surface area contributed by atoms with Crippen LogP contribution in [-0.2, 0) is 4.74 Å². The summed E-state index contributed by atoms with van der Waals surface area (Å²) in [7, 11) is 0. The highest BCUT2D eigenvalue weighted by Gasteiger charge is 2.24. The Hall–Kier alpha value is -0.0800. The van der Waals surface area contributed by atoms with Crippen LogP contribution in [0, 0.1) is 5.92 Å². The molecule has 0 spiro atoms. The maximum Gasteiger partial charge on any atom is 0.0700 e. The first-order valence-electron chi connectivity index (χ1n) is 5.97. The molecular formula is C12H25NO. The quantitative estimate of drug-likeness (QED) is 0.735. The summed E-state index contributed by atoms with van der Waals surface area (Å²) in [5.74, 6) is 0.816. The van der Waals surface area contributed by atoms with Gasteiger partial charge in [-0.15, -0.1) is 0 Å². The van der Waals surface area contributed by atoms with Crippen molar-refractivity contribution in [2.75, 3.05) is 6.61 Å². The van der Waals surface area contributed by atoms with E-state index in [2.05, 4.69) is 33.0 Å². The fraction of sp³-hybridized carbons (Fsp3) is 1.00. The molecule has 0 aromatic heterocycles. The Balaban J connectivity index is 2.16. The van der Waals surface area contributed by atoms with Crippen molar-refractivity contribution >= 4 is 0 Å². The zero-order valence-electron chi connectivity index (χ0n) is 10.0. The lowest BCUT2D eigenvalue weighted by atomic mass is 10.0. The zero-order valence-corrected chi connectivity index (χ0v) is 10.0. The van der Waals surface area contributed by atoms with Gasteiger partial charge in [0.1, 0.15) is 0 Å². The standard InChI is InChI=1S/C12H25NO/c1-9(2)5-6-10(3)13-12-7-8-14-11(12)4/h9-13H,5-8H2,1-4H3. The molecule has 0 amide bonds. The van der Waals surface area contributed by atoms with Crippen LogP contribution in [0.15, 0.2) is 0 Å². The van der Waals surface area contributed by atoms with Crippen molar-refractivity contribution in [1.29, 1.82) is 0 Å². The molecule has 1 heterocycles. The van der Waals surface area contributed by atoms with Gasteiger partial charge in [-0.1, -0.05) is 13.8 Å². The second kappa shape index (κ2) is 5.72. The lowest BCUT2D eigenvalue weighted by molar-refractivity contribution is 0.111. The number of rotatable bonds is 5. The van der Waals surface area contributed by atoms with Gasteiger partial charge in [0, 0.05) is 18.7 Å². The SMILES string of the molecule is CC(C)CCC(C)NC1CCOC1C. The van der Waals surface area contributed by atoms with Gasteiger partial charge in [-0.25, -0.2) is 0 Å². The van der Waals surface area contributed by atoms with Crippen molar-refractivity contribution in [2.45, 2.75) is 65.1 Å². The van der Waals surface area contributed by atoms with E-state index < -0.39 is 0 Å². The predicted molar refractivity (Wildman–Crippen MR) is 60.5 cm³/mol. The first-order valence-corrected chi connectivity index (χ1v) is 5.97. The highest BCUT2D eigenvalue weighted by molar-refractivity contribution is 4.81. The molecule has 14 heavy (non-hydrogen) atoms. The van der Waals surface area contributed by atoms with Crippen LogP contribution in [0.5, 0.6) is 0 Å². The maximum atomic E-state index is 5.53. The second-order valence-electron chi connectivity index (χ2n) is 5.01. The Morgan fingerprint density at radius 3 is 2.50 bits per heavy atom. The molecule has 0 aliphatic carbocycles.